The van der Waals surface area contributed by atoms with E-state index >= 15 is 0 Å². The Morgan fingerprint density at radius 3 is 2.96 bits per heavy atom. The molecule has 0 N–H and O–H groups in total. The molecular formula is C19H16N4O3. The fourth-order valence-corrected chi connectivity index (χ4v) is 2.69. The number of rotatable bonds is 4. The molecule has 1 aromatic carbocycles. The minimum atomic E-state index is -0.138. The Labute approximate surface area is 149 Å². The number of pyridine rings is 1. The highest BCUT2D eigenvalue weighted by Crippen LogP contribution is 2.26. The first-order valence-corrected chi connectivity index (χ1v) is 8.11. The first kappa shape index (κ1) is 16.0. The quantitative estimate of drug-likeness (QED) is 0.721. The number of likely N-dealkylation sites (N-methyl/N-ethyl adjacent to an activating group) is 1. The summed E-state index contributed by atoms with van der Waals surface area (Å²) in [6.45, 7) is 0.454. The fourth-order valence-electron chi connectivity index (χ4n) is 2.69. The lowest BCUT2D eigenvalue weighted by atomic mass is 10.1. The van der Waals surface area contributed by atoms with Crippen molar-refractivity contribution in [1.29, 1.82) is 0 Å². The first-order chi connectivity index (χ1) is 12.7. The van der Waals surface area contributed by atoms with Crippen molar-refractivity contribution in [2.45, 2.75) is 6.54 Å². The Balaban J connectivity index is 1.47. The first-order valence-electron chi connectivity index (χ1n) is 8.11. The van der Waals surface area contributed by atoms with Gasteiger partial charge in [0.2, 0.25) is 11.7 Å². The molecule has 130 valence electrons. The molecule has 0 saturated heterocycles. The Hall–Kier alpha value is -3.48. The molecule has 7 heteroatoms. The molecule has 0 atom stereocenters. The molecule has 0 aliphatic carbocycles. The number of nitrogens with zero attached hydrogens (tertiary/aromatic N) is 4. The topological polar surface area (TPSA) is 81.4 Å². The maximum absolute atomic E-state index is 12.7. The Kier molecular flexibility index (Phi) is 4.18. The zero-order valence-corrected chi connectivity index (χ0v) is 14.1. The summed E-state index contributed by atoms with van der Waals surface area (Å²) in [4.78, 5) is 22.6. The zero-order valence-electron chi connectivity index (χ0n) is 14.1. The molecule has 2 aromatic heterocycles. The number of fused-ring (bicyclic) bond motifs is 1. The van der Waals surface area contributed by atoms with Crippen LogP contribution in [0.4, 0.5) is 0 Å². The van der Waals surface area contributed by atoms with E-state index in [2.05, 4.69) is 15.1 Å². The molecule has 1 aliphatic heterocycles. The number of carbonyl (C=O) groups is 1. The van der Waals surface area contributed by atoms with E-state index in [1.165, 1.54) is 4.90 Å². The van der Waals surface area contributed by atoms with Gasteiger partial charge in [0, 0.05) is 30.6 Å². The number of hydrogen-bond donors (Lipinski definition) is 0. The summed E-state index contributed by atoms with van der Waals surface area (Å²) >= 11 is 0. The fraction of sp³-hybridized carbons (Fsp3) is 0.158. The molecule has 3 heterocycles. The molecule has 0 bridgehead atoms. The minimum Gasteiger partial charge on any atom is -0.488 e. The average Bonchev–Trinajstić information content (AvgIpc) is 3.16. The number of carbonyl (C=O) groups excluding carboxylic acids is 1. The number of amides is 1. The molecular weight excluding hydrogens is 332 g/mol. The van der Waals surface area contributed by atoms with Gasteiger partial charge in [0.25, 0.3) is 5.91 Å². The molecule has 0 radical (unpaired) electrons. The third-order valence-electron chi connectivity index (χ3n) is 4.01. The van der Waals surface area contributed by atoms with Crippen LogP contribution in [0, 0.1) is 0 Å². The summed E-state index contributed by atoms with van der Waals surface area (Å²) in [5.74, 6) is 1.45. The highest BCUT2D eigenvalue weighted by molar-refractivity contribution is 5.98. The van der Waals surface area contributed by atoms with Gasteiger partial charge in [0.05, 0.1) is 12.1 Å². The zero-order chi connectivity index (χ0) is 17.9. The van der Waals surface area contributed by atoms with Crippen molar-refractivity contribution in [1.82, 2.24) is 20.0 Å². The summed E-state index contributed by atoms with van der Waals surface area (Å²) in [5.41, 5.74) is 2.24. The molecule has 0 spiro atoms. The molecule has 1 amide bonds. The third-order valence-corrected chi connectivity index (χ3v) is 4.01. The molecule has 4 rings (SSSR count). The van der Waals surface area contributed by atoms with Gasteiger partial charge in [-0.05, 0) is 24.3 Å². The average molecular weight is 348 g/mol. The van der Waals surface area contributed by atoms with E-state index in [1.807, 2.05) is 36.4 Å². The van der Waals surface area contributed by atoms with Crippen molar-refractivity contribution < 1.29 is 14.1 Å². The van der Waals surface area contributed by atoms with Crippen LogP contribution in [0.1, 0.15) is 11.5 Å². The van der Waals surface area contributed by atoms with E-state index < -0.39 is 0 Å². The number of aromatic nitrogens is 3. The lowest BCUT2D eigenvalue weighted by Crippen LogP contribution is -2.30. The summed E-state index contributed by atoms with van der Waals surface area (Å²) in [7, 11) is 1.69. The van der Waals surface area contributed by atoms with Gasteiger partial charge >= 0.3 is 0 Å². The van der Waals surface area contributed by atoms with E-state index in [-0.39, 0.29) is 19.1 Å². The van der Waals surface area contributed by atoms with Gasteiger partial charge in [-0.2, -0.15) is 4.98 Å². The summed E-state index contributed by atoms with van der Waals surface area (Å²) < 4.78 is 10.9. The van der Waals surface area contributed by atoms with Gasteiger partial charge in [-0.15, -0.1) is 0 Å². The Morgan fingerprint density at radius 2 is 2.12 bits per heavy atom. The Bertz CT molecular complexity index is 966. The standard InChI is InChI=1S/C19H16N4O3/c1-23(11-17-21-18(22-26-17)14-6-4-8-20-10-14)19(24)15-9-13-5-2-3-7-16(13)25-12-15/h2-10H,11-12H2,1H3. The van der Waals surface area contributed by atoms with Crippen LogP contribution in [0.2, 0.25) is 0 Å². The van der Waals surface area contributed by atoms with E-state index in [1.54, 1.807) is 25.5 Å². The van der Waals surface area contributed by atoms with Crippen molar-refractivity contribution in [3.8, 4) is 17.1 Å². The monoisotopic (exact) mass is 348 g/mol. The van der Waals surface area contributed by atoms with E-state index in [9.17, 15) is 4.79 Å². The van der Waals surface area contributed by atoms with Crippen molar-refractivity contribution in [3.05, 3.63) is 65.8 Å². The van der Waals surface area contributed by atoms with Crippen LogP contribution < -0.4 is 4.74 Å². The van der Waals surface area contributed by atoms with Crippen molar-refractivity contribution in [2.75, 3.05) is 13.7 Å². The van der Waals surface area contributed by atoms with Gasteiger partial charge in [-0.3, -0.25) is 9.78 Å². The maximum Gasteiger partial charge on any atom is 0.253 e. The lowest BCUT2D eigenvalue weighted by molar-refractivity contribution is -0.127. The van der Waals surface area contributed by atoms with E-state index in [0.717, 1.165) is 16.9 Å². The van der Waals surface area contributed by atoms with Gasteiger partial charge in [0.1, 0.15) is 12.4 Å². The van der Waals surface area contributed by atoms with Crippen LogP contribution in [-0.2, 0) is 11.3 Å². The second-order valence-corrected chi connectivity index (χ2v) is 5.91. The van der Waals surface area contributed by atoms with Crippen molar-refractivity contribution >= 4 is 12.0 Å². The largest absolute Gasteiger partial charge is 0.488 e. The highest BCUT2D eigenvalue weighted by atomic mass is 16.5. The van der Waals surface area contributed by atoms with Crippen LogP contribution in [0.3, 0.4) is 0 Å². The number of hydrogen-bond acceptors (Lipinski definition) is 6. The smallest absolute Gasteiger partial charge is 0.253 e. The molecule has 7 nitrogen and oxygen atoms in total. The van der Waals surface area contributed by atoms with Crippen LogP contribution in [-0.4, -0.2) is 39.6 Å². The highest BCUT2D eigenvalue weighted by Gasteiger charge is 2.21. The summed E-state index contributed by atoms with van der Waals surface area (Å²) in [6.07, 6.45) is 5.19. The molecule has 3 aromatic rings. The van der Waals surface area contributed by atoms with Gasteiger partial charge in [0.15, 0.2) is 0 Å². The normalized spacial score (nSPS) is 12.7. The predicted octanol–water partition coefficient (Wildman–Crippen LogP) is 2.57. The summed E-state index contributed by atoms with van der Waals surface area (Å²) in [5, 5.41) is 3.94. The third kappa shape index (κ3) is 3.19. The van der Waals surface area contributed by atoms with E-state index in [0.29, 0.717) is 17.3 Å². The predicted molar refractivity (Wildman–Crippen MR) is 93.9 cm³/mol. The number of ether oxygens (including phenoxy) is 1. The van der Waals surface area contributed by atoms with Gasteiger partial charge in [-0.25, -0.2) is 0 Å². The molecule has 1 aliphatic rings. The maximum atomic E-state index is 12.7. The van der Waals surface area contributed by atoms with Crippen LogP contribution >= 0.6 is 0 Å². The van der Waals surface area contributed by atoms with E-state index in [4.69, 9.17) is 9.26 Å². The SMILES string of the molecule is CN(Cc1nc(-c2cccnc2)no1)C(=O)C1=Cc2ccccc2OC1. The van der Waals surface area contributed by atoms with Crippen LogP contribution in [0.15, 0.2) is 58.9 Å². The lowest BCUT2D eigenvalue weighted by Gasteiger charge is -2.21. The van der Waals surface area contributed by atoms with Crippen LogP contribution in [0.25, 0.3) is 17.5 Å². The minimum absolute atomic E-state index is 0.138. The Morgan fingerprint density at radius 1 is 1.23 bits per heavy atom. The van der Waals surface area contributed by atoms with Crippen LogP contribution in [0.5, 0.6) is 5.75 Å². The van der Waals surface area contributed by atoms with Gasteiger partial charge in [-0.1, -0.05) is 23.4 Å². The second kappa shape index (κ2) is 6.79. The molecule has 0 unspecified atom stereocenters. The van der Waals surface area contributed by atoms with Crippen molar-refractivity contribution in [2.24, 2.45) is 0 Å². The van der Waals surface area contributed by atoms with Gasteiger partial charge < -0.3 is 14.2 Å². The number of benzene rings is 1. The molecule has 26 heavy (non-hydrogen) atoms. The molecule has 0 saturated carbocycles. The van der Waals surface area contributed by atoms with Crippen molar-refractivity contribution in [3.63, 3.8) is 0 Å². The summed E-state index contributed by atoms with van der Waals surface area (Å²) in [6, 6.07) is 11.3. The molecule has 0 fully saturated rings. The second-order valence-electron chi connectivity index (χ2n) is 5.91. The number of para-hydroxylation sites is 1.